The minimum Gasteiger partial charge on any atom is -0.328 e. The van der Waals surface area contributed by atoms with Crippen molar-refractivity contribution >= 4 is 11.0 Å². The highest BCUT2D eigenvalue weighted by Gasteiger charge is 2.03. The fourth-order valence-electron chi connectivity index (χ4n) is 1.29. The minimum atomic E-state index is 0.0676. The normalized spacial score (nSPS) is 13.0. The van der Waals surface area contributed by atoms with Gasteiger partial charge in [0, 0.05) is 12.5 Å². The molecule has 2 N–H and O–H groups in total. The Morgan fingerprint density at radius 2 is 1.93 bits per heavy atom. The fourth-order valence-corrected chi connectivity index (χ4v) is 1.29. The Kier molecular flexibility index (Phi) is 2.37. The van der Waals surface area contributed by atoms with Crippen molar-refractivity contribution in [1.82, 2.24) is 15.2 Å². The van der Waals surface area contributed by atoms with Crippen molar-refractivity contribution < 1.29 is 0 Å². The number of aromatic nitrogens is 3. The lowest BCUT2D eigenvalue weighted by atomic mass is 10.2. The molecule has 14 heavy (non-hydrogen) atoms. The molecular weight excluding hydrogens is 176 g/mol. The van der Waals surface area contributed by atoms with E-state index in [1.165, 1.54) is 0 Å². The fraction of sp³-hybridized carbons (Fsp3) is 0.300. The molecule has 72 valence electrons. The molecule has 0 bridgehead atoms. The van der Waals surface area contributed by atoms with Gasteiger partial charge in [-0.1, -0.05) is 12.1 Å². The minimum absolute atomic E-state index is 0.0676. The smallest absolute Gasteiger partial charge is 0.153 e. The number of hydrogen-bond donors (Lipinski definition) is 1. The third kappa shape index (κ3) is 1.85. The van der Waals surface area contributed by atoms with Crippen LogP contribution in [0, 0.1) is 0 Å². The van der Waals surface area contributed by atoms with E-state index in [0.717, 1.165) is 11.0 Å². The van der Waals surface area contributed by atoms with Gasteiger partial charge in [-0.25, -0.2) is 4.98 Å². The van der Waals surface area contributed by atoms with Crippen molar-refractivity contribution in [2.45, 2.75) is 19.4 Å². The van der Waals surface area contributed by atoms with Gasteiger partial charge in [0.15, 0.2) is 5.82 Å². The second-order valence-corrected chi connectivity index (χ2v) is 3.40. The summed E-state index contributed by atoms with van der Waals surface area (Å²) in [6.45, 7) is 1.93. The molecule has 0 saturated carbocycles. The van der Waals surface area contributed by atoms with E-state index in [1.807, 2.05) is 31.2 Å². The second-order valence-electron chi connectivity index (χ2n) is 3.40. The van der Waals surface area contributed by atoms with Crippen LogP contribution in [-0.4, -0.2) is 21.2 Å². The highest BCUT2D eigenvalue weighted by atomic mass is 15.1. The zero-order chi connectivity index (χ0) is 9.97. The van der Waals surface area contributed by atoms with E-state index in [1.54, 1.807) is 0 Å². The Morgan fingerprint density at radius 3 is 2.64 bits per heavy atom. The molecule has 0 aliphatic heterocycles. The monoisotopic (exact) mass is 188 g/mol. The van der Waals surface area contributed by atoms with Crippen LogP contribution in [0.25, 0.3) is 11.0 Å². The Hall–Kier alpha value is -1.55. The number of rotatable bonds is 2. The Morgan fingerprint density at radius 1 is 1.21 bits per heavy atom. The molecule has 0 aliphatic rings. The predicted molar refractivity (Wildman–Crippen MR) is 54.7 cm³/mol. The summed E-state index contributed by atoms with van der Waals surface area (Å²) < 4.78 is 0. The summed E-state index contributed by atoms with van der Waals surface area (Å²) >= 11 is 0. The molecule has 0 saturated heterocycles. The molecule has 1 aromatic heterocycles. The molecule has 0 spiro atoms. The van der Waals surface area contributed by atoms with Crippen molar-refractivity contribution in [2.75, 3.05) is 0 Å². The van der Waals surface area contributed by atoms with Crippen LogP contribution < -0.4 is 5.73 Å². The molecule has 1 atom stereocenters. The molecule has 0 amide bonds. The summed E-state index contributed by atoms with van der Waals surface area (Å²) in [4.78, 5) is 4.36. The standard InChI is InChI=1S/C10H12N4/c1-7(11)6-10-12-8-4-2-3-5-9(8)13-14-10/h2-5,7H,6,11H2,1H3. The van der Waals surface area contributed by atoms with Crippen LogP contribution in [0.1, 0.15) is 12.7 Å². The number of benzene rings is 1. The van der Waals surface area contributed by atoms with Gasteiger partial charge in [-0.15, -0.1) is 10.2 Å². The van der Waals surface area contributed by atoms with Crippen LogP contribution in [0.15, 0.2) is 24.3 Å². The molecule has 1 heterocycles. The van der Waals surface area contributed by atoms with Crippen LogP contribution >= 0.6 is 0 Å². The molecular formula is C10H12N4. The molecule has 2 rings (SSSR count). The van der Waals surface area contributed by atoms with Crippen LogP contribution in [0.4, 0.5) is 0 Å². The van der Waals surface area contributed by atoms with E-state index in [9.17, 15) is 0 Å². The molecule has 4 heteroatoms. The Balaban J connectivity index is 2.41. The molecule has 0 fully saturated rings. The average Bonchev–Trinajstić information content (AvgIpc) is 2.17. The first-order valence-electron chi connectivity index (χ1n) is 4.59. The zero-order valence-corrected chi connectivity index (χ0v) is 8.01. The predicted octanol–water partition coefficient (Wildman–Crippen LogP) is 0.914. The van der Waals surface area contributed by atoms with Crippen molar-refractivity contribution in [3.8, 4) is 0 Å². The lowest BCUT2D eigenvalue weighted by molar-refractivity contribution is 0.692. The lowest BCUT2D eigenvalue weighted by Gasteiger charge is -2.03. The highest BCUT2D eigenvalue weighted by Crippen LogP contribution is 2.06. The quantitative estimate of drug-likeness (QED) is 0.761. The molecule has 1 unspecified atom stereocenters. The third-order valence-corrected chi connectivity index (χ3v) is 1.91. The summed E-state index contributed by atoms with van der Waals surface area (Å²) in [7, 11) is 0. The van der Waals surface area contributed by atoms with E-state index in [2.05, 4.69) is 15.2 Å². The first-order valence-corrected chi connectivity index (χ1v) is 4.59. The van der Waals surface area contributed by atoms with Gasteiger partial charge in [0.2, 0.25) is 0 Å². The van der Waals surface area contributed by atoms with E-state index in [0.29, 0.717) is 12.2 Å². The van der Waals surface area contributed by atoms with Gasteiger partial charge in [0.1, 0.15) is 5.52 Å². The number of para-hydroxylation sites is 1. The van der Waals surface area contributed by atoms with Gasteiger partial charge in [0.25, 0.3) is 0 Å². The zero-order valence-electron chi connectivity index (χ0n) is 8.01. The maximum Gasteiger partial charge on any atom is 0.153 e. The van der Waals surface area contributed by atoms with E-state index in [4.69, 9.17) is 5.73 Å². The maximum absolute atomic E-state index is 5.66. The van der Waals surface area contributed by atoms with Gasteiger partial charge in [0.05, 0.1) is 5.52 Å². The molecule has 1 aromatic carbocycles. The number of hydrogen-bond acceptors (Lipinski definition) is 4. The van der Waals surface area contributed by atoms with Crippen LogP contribution in [0.3, 0.4) is 0 Å². The van der Waals surface area contributed by atoms with E-state index >= 15 is 0 Å². The first kappa shape index (κ1) is 9.02. The van der Waals surface area contributed by atoms with Crippen molar-refractivity contribution in [1.29, 1.82) is 0 Å². The summed E-state index contributed by atoms with van der Waals surface area (Å²) in [6.07, 6.45) is 0.665. The number of fused-ring (bicyclic) bond motifs is 1. The third-order valence-electron chi connectivity index (χ3n) is 1.91. The van der Waals surface area contributed by atoms with Gasteiger partial charge in [-0.05, 0) is 19.1 Å². The maximum atomic E-state index is 5.66. The van der Waals surface area contributed by atoms with Gasteiger partial charge < -0.3 is 5.73 Å². The van der Waals surface area contributed by atoms with E-state index in [-0.39, 0.29) is 6.04 Å². The summed E-state index contributed by atoms with van der Waals surface area (Å²) in [5.41, 5.74) is 7.35. The molecule has 2 aromatic rings. The highest BCUT2D eigenvalue weighted by molar-refractivity contribution is 5.72. The van der Waals surface area contributed by atoms with Gasteiger partial charge >= 0.3 is 0 Å². The average molecular weight is 188 g/mol. The lowest BCUT2D eigenvalue weighted by Crippen LogP contribution is -2.19. The van der Waals surface area contributed by atoms with Crippen molar-refractivity contribution in [3.05, 3.63) is 30.1 Å². The number of nitrogens with zero attached hydrogens (tertiary/aromatic N) is 3. The van der Waals surface area contributed by atoms with Crippen molar-refractivity contribution in [3.63, 3.8) is 0 Å². The van der Waals surface area contributed by atoms with Crippen LogP contribution in [-0.2, 0) is 6.42 Å². The van der Waals surface area contributed by atoms with E-state index < -0.39 is 0 Å². The summed E-state index contributed by atoms with van der Waals surface area (Å²) in [5, 5.41) is 8.07. The summed E-state index contributed by atoms with van der Waals surface area (Å²) in [6, 6.07) is 7.74. The Bertz CT molecular complexity index is 439. The molecule has 4 nitrogen and oxygen atoms in total. The molecule has 0 aliphatic carbocycles. The van der Waals surface area contributed by atoms with Crippen LogP contribution in [0.5, 0.6) is 0 Å². The topological polar surface area (TPSA) is 64.7 Å². The van der Waals surface area contributed by atoms with Gasteiger partial charge in [-0.2, -0.15) is 0 Å². The number of nitrogens with two attached hydrogens (primary N) is 1. The van der Waals surface area contributed by atoms with Crippen LogP contribution in [0.2, 0.25) is 0 Å². The Labute approximate surface area is 82.2 Å². The van der Waals surface area contributed by atoms with Gasteiger partial charge in [-0.3, -0.25) is 0 Å². The molecule has 0 radical (unpaired) electrons. The summed E-state index contributed by atoms with van der Waals surface area (Å²) in [5.74, 6) is 0.707. The first-order chi connectivity index (χ1) is 6.75. The van der Waals surface area contributed by atoms with Crippen molar-refractivity contribution in [2.24, 2.45) is 5.73 Å². The second kappa shape index (κ2) is 3.67. The largest absolute Gasteiger partial charge is 0.328 e. The SMILES string of the molecule is CC(N)Cc1nnc2ccccc2n1.